The Labute approximate surface area is 58.2 Å². The van der Waals surface area contributed by atoms with Crippen LogP contribution in [-0.2, 0) is 0 Å². The number of rotatable bonds is 4. The molecule has 0 amide bonds. The van der Waals surface area contributed by atoms with E-state index in [0.29, 0.717) is 0 Å². The lowest BCUT2D eigenvalue weighted by Gasteiger charge is -1.93. The Morgan fingerprint density at radius 1 is 1.33 bits per heavy atom. The van der Waals surface area contributed by atoms with Gasteiger partial charge in [-0.3, -0.25) is 4.99 Å². The lowest BCUT2D eigenvalue weighted by molar-refractivity contribution is 0.805. The molecule has 0 atom stereocenters. The molecule has 1 nitrogen and oxygen atoms in total. The highest BCUT2D eigenvalue weighted by atomic mass is 14.7. The molecule has 0 aromatic rings. The van der Waals surface area contributed by atoms with Crippen molar-refractivity contribution in [1.82, 2.24) is 0 Å². The highest BCUT2D eigenvalue weighted by Gasteiger charge is 1.83. The second-order valence-corrected chi connectivity index (χ2v) is 2.32. The first-order chi connectivity index (χ1) is 4.31. The van der Waals surface area contributed by atoms with Gasteiger partial charge in [0.05, 0.1) is 0 Å². The molecule has 0 aromatic heterocycles. The average molecular weight is 127 g/mol. The first kappa shape index (κ1) is 8.67. The van der Waals surface area contributed by atoms with Crippen LogP contribution in [0.4, 0.5) is 0 Å². The quantitative estimate of drug-likeness (QED) is 0.406. The van der Waals surface area contributed by atoms with Gasteiger partial charge >= 0.3 is 0 Å². The molecule has 0 aliphatic rings. The molecule has 0 aliphatic carbocycles. The van der Waals surface area contributed by atoms with Gasteiger partial charge < -0.3 is 0 Å². The molecule has 0 saturated carbocycles. The van der Waals surface area contributed by atoms with E-state index in [-0.39, 0.29) is 0 Å². The van der Waals surface area contributed by atoms with E-state index >= 15 is 0 Å². The van der Waals surface area contributed by atoms with E-state index in [4.69, 9.17) is 0 Å². The molecular weight excluding hydrogens is 110 g/mol. The number of unbranched alkanes of at least 4 members (excludes halogenated alkanes) is 1. The number of nitrogens with zero attached hydrogens (tertiary/aromatic N) is 1. The monoisotopic (exact) mass is 127 g/mol. The summed E-state index contributed by atoms with van der Waals surface area (Å²) in [6.07, 6.45) is 3.58. The van der Waals surface area contributed by atoms with Crippen LogP contribution >= 0.6 is 0 Å². The van der Waals surface area contributed by atoms with Gasteiger partial charge in [0.2, 0.25) is 0 Å². The van der Waals surface area contributed by atoms with Crippen LogP contribution in [0.3, 0.4) is 0 Å². The molecule has 0 aromatic carbocycles. The van der Waals surface area contributed by atoms with Crippen molar-refractivity contribution >= 4 is 5.71 Å². The van der Waals surface area contributed by atoms with Gasteiger partial charge in [-0.25, -0.2) is 0 Å². The Kier molecular flexibility index (Phi) is 5.59. The van der Waals surface area contributed by atoms with Crippen LogP contribution in [-0.4, -0.2) is 12.3 Å². The van der Waals surface area contributed by atoms with Gasteiger partial charge in [-0.15, -0.1) is 0 Å². The Morgan fingerprint density at radius 3 is 2.44 bits per heavy atom. The molecule has 0 N–H and O–H groups in total. The van der Waals surface area contributed by atoms with Crippen LogP contribution in [0.1, 0.15) is 40.0 Å². The second-order valence-electron chi connectivity index (χ2n) is 2.32. The minimum absolute atomic E-state index is 1.02. The van der Waals surface area contributed by atoms with Crippen molar-refractivity contribution < 1.29 is 0 Å². The lowest BCUT2D eigenvalue weighted by atomic mass is 10.3. The standard InChI is InChI=1S/C8H17N/c1-4-6-7-9-8(3)5-2/h4-7H2,1-3H3/b9-8-. The molecule has 0 unspecified atom stereocenters. The SMILES string of the molecule is CCCC/N=C(/C)CC. The van der Waals surface area contributed by atoms with Crippen molar-refractivity contribution in [3.05, 3.63) is 0 Å². The predicted molar refractivity (Wildman–Crippen MR) is 43.2 cm³/mol. The number of aliphatic imine (C=N–C) groups is 1. The summed E-state index contributed by atoms with van der Waals surface area (Å²) in [6, 6.07) is 0. The molecule has 0 saturated heterocycles. The minimum Gasteiger partial charge on any atom is -0.294 e. The van der Waals surface area contributed by atoms with Crippen LogP contribution in [0.5, 0.6) is 0 Å². The maximum atomic E-state index is 4.35. The minimum atomic E-state index is 1.02. The van der Waals surface area contributed by atoms with Crippen LogP contribution in [0, 0.1) is 0 Å². The molecule has 1 heteroatoms. The lowest BCUT2D eigenvalue weighted by Crippen LogP contribution is -1.89. The molecule has 9 heavy (non-hydrogen) atoms. The van der Waals surface area contributed by atoms with E-state index in [1.54, 1.807) is 0 Å². The van der Waals surface area contributed by atoms with Crippen molar-refractivity contribution in [2.24, 2.45) is 4.99 Å². The van der Waals surface area contributed by atoms with Gasteiger partial charge in [0.15, 0.2) is 0 Å². The predicted octanol–water partition coefficient (Wildman–Crippen LogP) is 2.66. The largest absolute Gasteiger partial charge is 0.294 e. The first-order valence-corrected chi connectivity index (χ1v) is 3.81. The highest BCUT2D eigenvalue weighted by molar-refractivity contribution is 5.81. The van der Waals surface area contributed by atoms with Crippen molar-refractivity contribution in [3.63, 3.8) is 0 Å². The van der Waals surface area contributed by atoms with Gasteiger partial charge in [-0.2, -0.15) is 0 Å². The molecule has 0 heterocycles. The molecule has 0 radical (unpaired) electrons. The third-order valence-electron chi connectivity index (χ3n) is 1.41. The maximum absolute atomic E-state index is 4.35. The van der Waals surface area contributed by atoms with Crippen molar-refractivity contribution in [2.45, 2.75) is 40.0 Å². The summed E-state index contributed by atoms with van der Waals surface area (Å²) in [4.78, 5) is 4.35. The fourth-order valence-corrected chi connectivity index (χ4v) is 0.540. The van der Waals surface area contributed by atoms with Crippen LogP contribution < -0.4 is 0 Å². The molecule has 0 bridgehead atoms. The first-order valence-electron chi connectivity index (χ1n) is 3.81. The van der Waals surface area contributed by atoms with E-state index in [2.05, 4.69) is 25.8 Å². The average Bonchev–Trinajstić information content (AvgIpc) is 1.89. The second kappa shape index (κ2) is 5.80. The molecule has 54 valence electrons. The Hall–Kier alpha value is -0.330. The van der Waals surface area contributed by atoms with Crippen LogP contribution in [0.15, 0.2) is 4.99 Å². The van der Waals surface area contributed by atoms with Crippen LogP contribution in [0.25, 0.3) is 0 Å². The normalized spacial score (nSPS) is 12.1. The topological polar surface area (TPSA) is 12.4 Å². The maximum Gasteiger partial charge on any atom is 0.0388 e. The summed E-state index contributed by atoms with van der Waals surface area (Å²) in [5.74, 6) is 0. The molecule has 0 aliphatic heterocycles. The van der Waals surface area contributed by atoms with Gasteiger partial charge in [0, 0.05) is 12.3 Å². The fourth-order valence-electron chi connectivity index (χ4n) is 0.540. The Morgan fingerprint density at radius 2 is 2.00 bits per heavy atom. The van der Waals surface area contributed by atoms with E-state index in [1.807, 2.05) is 0 Å². The highest BCUT2D eigenvalue weighted by Crippen LogP contribution is 1.89. The smallest absolute Gasteiger partial charge is 0.0388 e. The van der Waals surface area contributed by atoms with E-state index in [9.17, 15) is 0 Å². The summed E-state index contributed by atoms with van der Waals surface area (Å²) in [7, 11) is 0. The summed E-state index contributed by atoms with van der Waals surface area (Å²) < 4.78 is 0. The van der Waals surface area contributed by atoms with Gasteiger partial charge in [-0.05, 0) is 19.8 Å². The third-order valence-corrected chi connectivity index (χ3v) is 1.41. The summed E-state index contributed by atoms with van der Waals surface area (Å²) in [5.41, 5.74) is 1.28. The van der Waals surface area contributed by atoms with E-state index in [1.165, 1.54) is 18.6 Å². The molecular formula is C8H17N. The number of hydrogen-bond donors (Lipinski definition) is 0. The van der Waals surface area contributed by atoms with Crippen LogP contribution in [0.2, 0.25) is 0 Å². The summed E-state index contributed by atoms with van der Waals surface area (Å²) >= 11 is 0. The van der Waals surface area contributed by atoms with Crippen molar-refractivity contribution in [2.75, 3.05) is 6.54 Å². The van der Waals surface area contributed by atoms with Gasteiger partial charge in [0.25, 0.3) is 0 Å². The third kappa shape index (κ3) is 5.54. The summed E-state index contributed by atoms with van der Waals surface area (Å²) in [6.45, 7) is 7.45. The van der Waals surface area contributed by atoms with E-state index in [0.717, 1.165) is 13.0 Å². The number of hydrogen-bond acceptors (Lipinski definition) is 1. The molecule has 0 fully saturated rings. The summed E-state index contributed by atoms with van der Waals surface area (Å²) in [5, 5.41) is 0. The fraction of sp³-hybridized carbons (Fsp3) is 0.875. The van der Waals surface area contributed by atoms with E-state index < -0.39 is 0 Å². The van der Waals surface area contributed by atoms with Crippen molar-refractivity contribution in [3.8, 4) is 0 Å². The molecule has 0 rings (SSSR count). The zero-order valence-corrected chi connectivity index (χ0v) is 6.78. The Bertz CT molecular complexity index is 84.6. The molecule has 0 spiro atoms. The zero-order chi connectivity index (χ0) is 7.11. The Balaban J connectivity index is 3.21. The van der Waals surface area contributed by atoms with Gasteiger partial charge in [0.1, 0.15) is 0 Å². The van der Waals surface area contributed by atoms with Crippen molar-refractivity contribution in [1.29, 1.82) is 0 Å². The zero-order valence-electron chi connectivity index (χ0n) is 6.78. The van der Waals surface area contributed by atoms with Gasteiger partial charge in [-0.1, -0.05) is 20.3 Å².